The summed E-state index contributed by atoms with van der Waals surface area (Å²) in [5.74, 6) is -0.239. The molecule has 0 radical (unpaired) electrons. The van der Waals surface area contributed by atoms with Crippen molar-refractivity contribution in [3.8, 4) is 0 Å². The Morgan fingerprint density at radius 2 is 2.06 bits per heavy atom. The van der Waals surface area contributed by atoms with Gasteiger partial charge in [0.15, 0.2) is 0 Å². The zero-order valence-electron chi connectivity index (χ0n) is 10.5. The van der Waals surface area contributed by atoms with Crippen molar-refractivity contribution in [2.45, 2.75) is 6.04 Å². The van der Waals surface area contributed by atoms with Crippen LogP contribution in [0.4, 0.5) is 10.1 Å². The van der Waals surface area contributed by atoms with Crippen LogP contribution in [0.25, 0.3) is 0 Å². The Hall–Kier alpha value is -1.88. The first-order valence-corrected chi connectivity index (χ1v) is 5.78. The summed E-state index contributed by atoms with van der Waals surface area (Å²) < 4.78 is 14.9. The molecule has 1 aromatic carbocycles. The van der Waals surface area contributed by atoms with E-state index in [-0.39, 0.29) is 11.9 Å². The smallest absolute Gasteiger partial charge is 0.123 e. The Balaban J connectivity index is 2.28. The Morgan fingerprint density at radius 1 is 1.39 bits per heavy atom. The molecule has 0 aliphatic heterocycles. The van der Waals surface area contributed by atoms with Crippen molar-refractivity contribution >= 4 is 5.69 Å². The molecule has 1 atom stereocenters. The lowest BCUT2D eigenvalue weighted by molar-refractivity contribution is 0.619. The van der Waals surface area contributed by atoms with E-state index in [0.29, 0.717) is 6.54 Å². The van der Waals surface area contributed by atoms with Crippen LogP contribution in [0.1, 0.15) is 11.7 Å². The average Bonchev–Trinajstić information content (AvgIpc) is 2.78. The van der Waals surface area contributed by atoms with Crippen LogP contribution in [0.5, 0.6) is 0 Å². The van der Waals surface area contributed by atoms with Crippen LogP contribution in [-0.4, -0.2) is 23.1 Å². The van der Waals surface area contributed by atoms with Gasteiger partial charge in [-0.25, -0.2) is 9.37 Å². The number of aromatic nitrogens is 2. The fourth-order valence-corrected chi connectivity index (χ4v) is 2.02. The highest BCUT2D eigenvalue weighted by molar-refractivity contribution is 5.47. The van der Waals surface area contributed by atoms with Gasteiger partial charge in [-0.2, -0.15) is 0 Å². The summed E-state index contributed by atoms with van der Waals surface area (Å²) in [6.45, 7) is 0.466. The van der Waals surface area contributed by atoms with E-state index in [1.165, 1.54) is 12.1 Å². The number of nitrogens with two attached hydrogens (primary N) is 1. The van der Waals surface area contributed by atoms with E-state index in [9.17, 15) is 4.39 Å². The lowest BCUT2D eigenvalue weighted by Gasteiger charge is -2.29. The summed E-state index contributed by atoms with van der Waals surface area (Å²) in [5, 5.41) is 0. The van der Waals surface area contributed by atoms with Crippen LogP contribution in [0.3, 0.4) is 0 Å². The third-order valence-corrected chi connectivity index (χ3v) is 3.12. The number of rotatable bonds is 4. The number of likely N-dealkylation sites (N-methyl/N-ethyl adjacent to an activating group) is 1. The number of anilines is 1. The highest BCUT2D eigenvalue weighted by atomic mass is 19.1. The van der Waals surface area contributed by atoms with Crippen LogP contribution < -0.4 is 10.6 Å². The van der Waals surface area contributed by atoms with Crippen molar-refractivity contribution in [2.75, 3.05) is 18.5 Å². The van der Waals surface area contributed by atoms with Crippen molar-refractivity contribution < 1.29 is 4.39 Å². The molecule has 1 aromatic heterocycles. The summed E-state index contributed by atoms with van der Waals surface area (Å²) in [6, 6.07) is 6.40. The quantitative estimate of drug-likeness (QED) is 0.895. The molecule has 2 rings (SSSR count). The Labute approximate surface area is 106 Å². The molecule has 0 aliphatic carbocycles. The highest BCUT2D eigenvalue weighted by Crippen LogP contribution is 2.24. The van der Waals surface area contributed by atoms with Crippen molar-refractivity contribution in [2.24, 2.45) is 12.8 Å². The third kappa shape index (κ3) is 2.36. The van der Waals surface area contributed by atoms with Crippen molar-refractivity contribution in [3.63, 3.8) is 0 Å². The molecule has 0 amide bonds. The summed E-state index contributed by atoms with van der Waals surface area (Å²) in [6.07, 6.45) is 3.55. The molecule has 0 fully saturated rings. The maximum Gasteiger partial charge on any atom is 0.123 e. The molecule has 18 heavy (non-hydrogen) atoms. The lowest BCUT2D eigenvalue weighted by atomic mass is 10.1. The summed E-state index contributed by atoms with van der Waals surface area (Å²) in [7, 11) is 3.88. The van der Waals surface area contributed by atoms with Gasteiger partial charge >= 0.3 is 0 Å². The van der Waals surface area contributed by atoms with Crippen molar-refractivity contribution in [3.05, 3.63) is 48.3 Å². The van der Waals surface area contributed by atoms with E-state index < -0.39 is 0 Å². The number of aryl methyl sites for hydroxylation is 1. The standard InChI is InChI=1S/C13H17FN4/c1-17-9-16-8-13(17)12(7-15)18(2)11-5-3-10(14)4-6-11/h3-6,8-9,12H,7,15H2,1-2H3. The maximum atomic E-state index is 12.9. The van der Waals surface area contributed by atoms with Gasteiger partial charge in [0.1, 0.15) is 5.82 Å². The van der Waals surface area contributed by atoms with Gasteiger partial charge in [0, 0.05) is 26.3 Å². The number of benzene rings is 1. The number of hydrogen-bond donors (Lipinski definition) is 1. The van der Waals surface area contributed by atoms with E-state index in [2.05, 4.69) is 4.98 Å². The average molecular weight is 248 g/mol. The zero-order chi connectivity index (χ0) is 13.1. The van der Waals surface area contributed by atoms with E-state index in [1.807, 2.05) is 23.6 Å². The number of hydrogen-bond acceptors (Lipinski definition) is 3. The molecule has 0 bridgehead atoms. The van der Waals surface area contributed by atoms with Gasteiger partial charge in [-0.1, -0.05) is 0 Å². The normalized spacial score (nSPS) is 12.4. The Morgan fingerprint density at radius 3 is 2.56 bits per heavy atom. The molecule has 1 unspecified atom stereocenters. The Bertz CT molecular complexity index is 506. The van der Waals surface area contributed by atoms with E-state index in [4.69, 9.17) is 5.73 Å². The molecular formula is C13H17FN4. The summed E-state index contributed by atoms with van der Waals surface area (Å²) in [4.78, 5) is 6.13. The van der Waals surface area contributed by atoms with Crippen molar-refractivity contribution in [1.29, 1.82) is 0 Å². The molecule has 0 spiro atoms. The highest BCUT2D eigenvalue weighted by Gasteiger charge is 2.18. The molecule has 2 aromatic rings. The second-order valence-corrected chi connectivity index (χ2v) is 4.27. The maximum absolute atomic E-state index is 12.9. The van der Waals surface area contributed by atoms with Crippen LogP contribution in [0.2, 0.25) is 0 Å². The third-order valence-electron chi connectivity index (χ3n) is 3.12. The molecule has 0 saturated heterocycles. The Kier molecular flexibility index (Phi) is 3.62. The van der Waals surface area contributed by atoms with Gasteiger partial charge < -0.3 is 15.2 Å². The largest absolute Gasteiger partial charge is 0.365 e. The molecule has 4 nitrogen and oxygen atoms in total. The zero-order valence-corrected chi connectivity index (χ0v) is 10.5. The van der Waals surface area contributed by atoms with Gasteiger partial charge in [-0.05, 0) is 24.3 Å². The van der Waals surface area contributed by atoms with Crippen molar-refractivity contribution in [1.82, 2.24) is 9.55 Å². The van der Waals surface area contributed by atoms with Crippen LogP contribution in [0.15, 0.2) is 36.8 Å². The van der Waals surface area contributed by atoms with Gasteiger partial charge in [0.05, 0.1) is 24.3 Å². The first-order chi connectivity index (χ1) is 8.63. The topological polar surface area (TPSA) is 47.1 Å². The van der Waals surface area contributed by atoms with E-state index >= 15 is 0 Å². The lowest BCUT2D eigenvalue weighted by Crippen LogP contribution is -2.31. The number of imidazole rings is 1. The van der Waals surface area contributed by atoms with Gasteiger partial charge in [-0.15, -0.1) is 0 Å². The minimum Gasteiger partial charge on any atom is -0.365 e. The minimum absolute atomic E-state index is 0.0166. The molecule has 2 N–H and O–H groups in total. The first kappa shape index (κ1) is 12.6. The van der Waals surface area contributed by atoms with Crippen LogP contribution in [-0.2, 0) is 7.05 Å². The summed E-state index contributed by atoms with van der Waals surface area (Å²) >= 11 is 0. The fourth-order valence-electron chi connectivity index (χ4n) is 2.02. The van der Waals surface area contributed by atoms with Gasteiger partial charge in [0.25, 0.3) is 0 Å². The fraction of sp³-hybridized carbons (Fsp3) is 0.308. The van der Waals surface area contributed by atoms with Crippen LogP contribution in [0, 0.1) is 5.82 Å². The van der Waals surface area contributed by atoms with Gasteiger partial charge in [0.2, 0.25) is 0 Å². The number of halogens is 1. The molecule has 0 saturated carbocycles. The first-order valence-electron chi connectivity index (χ1n) is 5.78. The summed E-state index contributed by atoms with van der Waals surface area (Å²) in [5.41, 5.74) is 7.80. The monoisotopic (exact) mass is 248 g/mol. The van der Waals surface area contributed by atoms with Crippen LogP contribution >= 0.6 is 0 Å². The van der Waals surface area contributed by atoms with E-state index in [1.54, 1.807) is 24.7 Å². The molecule has 5 heteroatoms. The predicted octanol–water partition coefficient (Wildman–Crippen LogP) is 1.70. The predicted molar refractivity (Wildman–Crippen MR) is 69.8 cm³/mol. The van der Waals surface area contributed by atoms with E-state index in [0.717, 1.165) is 11.4 Å². The molecule has 1 heterocycles. The second-order valence-electron chi connectivity index (χ2n) is 4.27. The SMILES string of the molecule is CN(c1ccc(F)cc1)C(CN)c1cncn1C. The molecule has 0 aliphatic rings. The van der Waals surface area contributed by atoms with Gasteiger partial charge in [-0.3, -0.25) is 0 Å². The number of nitrogens with zero attached hydrogens (tertiary/aromatic N) is 3. The molecular weight excluding hydrogens is 231 g/mol. The molecule has 96 valence electrons. The second kappa shape index (κ2) is 5.18. The minimum atomic E-state index is -0.239.